The molecule has 1 aromatic carbocycles. The third kappa shape index (κ3) is 3.97. The lowest BCUT2D eigenvalue weighted by Crippen LogP contribution is -2.40. The van der Waals surface area contributed by atoms with Crippen molar-refractivity contribution in [2.24, 2.45) is 0 Å². The third-order valence-corrected chi connectivity index (χ3v) is 3.46. The fraction of sp³-hybridized carbons (Fsp3) is 0.562. The van der Waals surface area contributed by atoms with Crippen LogP contribution in [0.4, 0.5) is 5.69 Å². The Morgan fingerprint density at radius 1 is 1.30 bits per heavy atom. The van der Waals surface area contributed by atoms with Crippen molar-refractivity contribution in [3.05, 3.63) is 23.8 Å². The number of nitrogens with two attached hydrogens (primary N) is 1. The van der Waals surface area contributed by atoms with Crippen LogP contribution in [0, 0.1) is 0 Å². The smallest absolute Gasteiger partial charge is 0.179 e. The van der Waals surface area contributed by atoms with Crippen molar-refractivity contribution >= 4 is 11.5 Å². The molecule has 2 N–H and O–H groups in total. The lowest BCUT2D eigenvalue weighted by atomic mass is 10.0. The number of rotatable bonds is 8. The Morgan fingerprint density at radius 3 is 2.35 bits per heavy atom. The van der Waals surface area contributed by atoms with Crippen LogP contribution in [0.25, 0.3) is 0 Å². The van der Waals surface area contributed by atoms with Gasteiger partial charge in [-0.05, 0) is 51.1 Å². The monoisotopic (exact) mass is 278 g/mol. The first kappa shape index (κ1) is 16.5. The molecule has 1 unspecified atom stereocenters. The summed E-state index contributed by atoms with van der Waals surface area (Å²) in [6.45, 7) is 8.10. The number of hydrogen-bond donors (Lipinski definition) is 1. The van der Waals surface area contributed by atoms with E-state index in [0.717, 1.165) is 25.9 Å². The number of carbonyl (C=O) groups excluding carboxylic acids is 1. The highest BCUT2D eigenvalue weighted by Gasteiger charge is 2.21. The van der Waals surface area contributed by atoms with Crippen molar-refractivity contribution in [1.82, 2.24) is 4.90 Å². The van der Waals surface area contributed by atoms with Crippen LogP contribution in [-0.4, -0.2) is 36.9 Å². The third-order valence-electron chi connectivity index (χ3n) is 3.46. The van der Waals surface area contributed by atoms with Crippen molar-refractivity contribution in [1.29, 1.82) is 0 Å². The molecule has 0 bridgehead atoms. The zero-order valence-electron chi connectivity index (χ0n) is 13.0. The van der Waals surface area contributed by atoms with Crippen molar-refractivity contribution in [2.45, 2.75) is 39.7 Å². The Hall–Kier alpha value is -1.55. The molecule has 4 nitrogen and oxygen atoms in total. The predicted molar refractivity (Wildman–Crippen MR) is 83.4 cm³/mol. The summed E-state index contributed by atoms with van der Waals surface area (Å²) in [7, 11) is 1.57. The van der Waals surface area contributed by atoms with Gasteiger partial charge in [-0.15, -0.1) is 0 Å². The Kier molecular flexibility index (Phi) is 6.52. The summed E-state index contributed by atoms with van der Waals surface area (Å²) in [6.07, 6.45) is 2.09. The number of methoxy groups -OCH3 is 1. The van der Waals surface area contributed by atoms with E-state index in [0.29, 0.717) is 17.0 Å². The minimum absolute atomic E-state index is 0.112. The Bertz CT molecular complexity index is 440. The molecule has 112 valence electrons. The van der Waals surface area contributed by atoms with E-state index < -0.39 is 0 Å². The van der Waals surface area contributed by atoms with Gasteiger partial charge in [0.2, 0.25) is 0 Å². The molecule has 0 aliphatic carbocycles. The number of hydrogen-bond acceptors (Lipinski definition) is 4. The molecule has 0 radical (unpaired) electrons. The second-order valence-electron chi connectivity index (χ2n) is 5.03. The van der Waals surface area contributed by atoms with Gasteiger partial charge in [0, 0.05) is 5.56 Å². The van der Waals surface area contributed by atoms with Crippen molar-refractivity contribution < 1.29 is 9.53 Å². The number of Topliss-reactive ketones (excluding diaryl/α,β-unsaturated/α-hetero) is 1. The molecule has 4 heteroatoms. The summed E-state index contributed by atoms with van der Waals surface area (Å²) in [5.74, 6) is 0.717. The van der Waals surface area contributed by atoms with Crippen molar-refractivity contribution in [3.63, 3.8) is 0 Å². The van der Waals surface area contributed by atoms with E-state index in [1.54, 1.807) is 25.3 Å². The molecule has 1 aromatic rings. The Labute approximate surface area is 121 Å². The second-order valence-corrected chi connectivity index (χ2v) is 5.03. The molecule has 0 saturated carbocycles. The van der Waals surface area contributed by atoms with E-state index >= 15 is 0 Å². The number of nitrogens with zero attached hydrogens (tertiary/aromatic N) is 1. The van der Waals surface area contributed by atoms with E-state index in [2.05, 4.69) is 18.7 Å². The van der Waals surface area contributed by atoms with Crippen LogP contribution in [-0.2, 0) is 0 Å². The second kappa shape index (κ2) is 7.90. The van der Waals surface area contributed by atoms with Crippen LogP contribution >= 0.6 is 0 Å². The standard InChI is InChI=1S/C16H26N2O2/c1-5-9-18(10-6-2)12(3)16(19)13-7-8-15(20-4)14(17)11-13/h7-8,11-12H,5-6,9-10,17H2,1-4H3. The average Bonchev–Trinajstić information content (AvgIpc) is 2.45. The maximum absolute atomic E-state index is 12.5. The highest BCUT2D eigenvalue weighted by Crippen LogP contribution is 2.23. The average molecular weight is 278 g/mol. The molecule has 0 saturated heterocycles. The van der Waals surface area contributed by atoms with Gasteiger partial charge < -0.3 is 10.5 Å². The maximum atomic E-state index is 12.5. The van der Waals surface area contributed by atoms with E-state index in [4.69, 9.17) is 10.5 Å². The van der Waals surface area contributed by atoms with Gasteiger partial charge in [-0.1, -0.05) is 13.8 Å². The van der Waals surface area contributed by atoms with Crippen LogP contribution in [0.1, 0.15) is 44.0 Å². The quantitative estimate of drug-likeness (QED) is 0.586. The van der Waals surface area contributed by atoms with Crippen molar-refractivity contribution in [3.8, 4) is 5.75 Å². The van der Waals surface area contributed by atoms with Crippen LogP contribution in [0.5, 0.6) is 5.75 Å². The van der Waals surface area contributed by atoms with Gasteiger partial charge in [0.05, 0.1) is 18.8 Å². The molecule has 0 fully saturated rings. The lowest BCUT2D eigenvalue weighted by molar-refractivity contribution is 0.0838. The van der Waals surface area contributed by atoms with Gasteiger partial charge in [0.25, 0.3) is 0 Å². The van der Waals surface area contributed by atoms with E-state index in [9.17, 15) is 4.79 Å². The van der Waals surface area contributed by atoms with E-state index in [-0.39, 0.29) is 11.8 Å². The molecular weight excluding hydrogens is 252 g/mol. The first-order chi connectivity index (χ1) is 9.54. The number of carbonyl (C=O) groups is 1. The molecule has 20 heavy (non-hydrogen) atoms. The van der Waals surface area contributed by atoms with Crippen LogP contribution in [0.2, 0.25) is 0 Å². The molecule has 1 atom stereocenters. The van der Waals surface area contributed by atoms with E-state index in [1.165, 1.54) is 0 Å². The minimum Gasteiger partial charge on any atom is -0.495 e. The van der Waals surface area contributed by atoms with Gasteiger partial charge in [0.1, 0.15) is 5.75 Å². The fourth-order valence-corrected chi connectivity index (χ4v) is 2.37. The first-order valence-electron chi connectivity index (χ1n) is 7.26. The molecule has 0 amide bonds. The largest absolute Gasteiger partial charge is 0.495 e. The number of nitrogen functional groups attached to an aromatic ring is 1. The van der Waals surface area contributed by atoms with E-state index in [1.807, 2.05) is 6.92 Å². The summed E-state index contributed by atoms with van der Waals surface area (Å²) in [4.78, 5) is 14.8. The molecule has 0 heterocycles. The van der Waals surface area contributed by atoms with Gasteiger partial charge in [-0.25, -0.2) is 0 Å². The lowest BCUT2D eigenvalue weighted by Gasteiger charge is -2.27. The summed E-state index contributed by atoms with van der Waals surface area (Å²) in [6, 6.07) is 5.11. The Balaban J connectivity index is 2.89. The topological polar surface area (TPSA) is 55.6 Å². The van der Waals surface area contributed by atoms with Crippen LogP contribution in [0.3, 0.4) is 0 Å². The highest BCUT2D eigenvalue weighted by molar-refractivity contribution is 6.00. The molecule has 0 aliphatic rings. The van der Waals surface area contributed by atoms with Gasteiger partial charge >= 0.3 is 0 Å². The summed E-state index contributed by atoms with van der Waals surface area (Å²) in [5.41, 5.74) is 7.02. The minimum atomic E-state index is -0.123. The van der Waals surface area contributed by atoms with Gasteiger partial charge in [-0.3, -0.25) is 9.69 Å². The molecule has 0 aromatic heterocycles. The summed E-state index contributed by atoms with van der Waals surface area (Å²) < 4.78 is 5.12. The molecular formula is C16H26N2O2. The molecule has 0 aliphatic heterocycles. The molecule has 1 rings (SSSR count). The SMILES string of the molecule is CCCN(CCC)C(C)C(=O)c1ccc(OC)c(N)c1. The Morgan fingerprint density at radius 2 is 1.90 bits per heavy atom. The van der Waals surface area contributed by atoms with Gasteiger partial charge in [-0.2, -0.15) is 0 Å². The zero-order valence-corrected chi connectivity index (χ0v) is 13.0. The number of ether oxygens (including phenoxy) is 1. The first-order valence-corrected chi connectivity index (χ1v) is 7.26. The van der Waals surface area contributed by atoms with Gasteiger partial charge in [0.15, 0.2) is 5.78 Å². The summed E-state index contributed by atoms with van der Waals surface area (Å²) in [5, 5.41) is 0. The highest BCUT2D eigenvalue weighted by atomic mass is 16.5. The number of ketones is 1. The van der Waals surface area contributed by atoms with Crippen molar-refractivity contribution in [2.75, 3.05) is 25.9 Å². The fourth-order valence-electron chi connectivity index (χ4n) is 2.37. The summed E-state index contributed by atoms with van der Waals surface area (Å²) >= 11 is 0. The van der Waals surface area contributed by atoms with Crippen LogP contribution in [0.15, 0.2) is 18.2 Å². The maximum Gasteiger partial charge on any atom is 0.179 e. The normalized spacial score (nSPS) is 12.4. The molecule has 0 spiro atoms. The predicted octanol–water partition coefficient (Wildman–Crippen LogP) is 2.97. The number of anilines is 1. The zero-order chi connectivity index (χ0) is 15.1. The van der Waals surface area contributed by atoms with Crippen LogP contribution < -0.4 is 10.5 Å². The number of benzene rings is 1.